The van der Waals surface area contributed by atoms with Crippen LogP contribution in [0.1, 0.15) is 21.2 Å². The summed E-state index contributed by atoms with van der Waals surface area (Å²) in [6.45, 7) is 0. The zero-order valence-electron chi connectivity index (χ0n) is 15.7. The summed E-state index contributed by atoms with van der Waals surface area (Å²) in [5.74, 6) is 0.0429. The van der Waals surface area contributed by atoms with Gasteiger partial charge in [-0.25, -0.2) is 4.39 Å². The van der Waals surface area contributed by atoms with Crippen molar-refractivity contribution in [1.29, 1.82) is 0 Å². The molecule has 0 saturated carbocycles. The number of carbonyl (C=O) groups excluding carboxylic acids is 1. The van der Waals surface area contributed by atoms with E-state index in [9.17, 15) is 9.18 Å². The third-order valence-electron chi connectivity index (χ3n) is 4.57. The summed E-state index contributed by atoms with van der Waals surface area (Å²) in [4.78, 5) is 13.3. The lowest BCUT2D eigenvalue weighted by atomic mass is 10.0. The molecule has 4 nitrogen and oxygen atoms in total. The van der Waals surface area contributed by atoms with E-state index in [4.69, 9.17) is 0 Å². The van der Waals surface area contributed by atoms with Crippen molar-refractivity contribution in [2.45, 2.75) is 10.4 Å². The number of ketones is 1. The maximum absolute atomic E-state index is 14.2. The Bertz CT molecular complexity index is 1130. The molecule has 0 aliphatic carbocycles. The van der Waals surface area contributed by atoms with E-state index >= 15 is 0 Å². The maximum Gasteiger partial charge on any atom is 0.192 e. The first-order valence-electron chi connectivity index (χ1n) is 9.10. The van der Waals surface area contributed by atoms with Crippen molar-refractivity contribution in [2.75, 3.05) is 0 Å². The van der Waals surface area contributed by atoms with E-state index in [1.165, 1.54) is 17.8 Å². The molecule has 0 radical (unpaired) electrons. The zero-order valence-corrected chi connectivity index (χ0v) is 16.5. The number of hydrogen-bond donors (Lipinski definition) is 0. The number of nitrogens with zero attached hydrogens (tertiary/aromatic N) is 3. The second kappa shape index (κ2) is 8.41. The molecule has 0 unspecified atom stereocenters. The molecule has 6 heteroatoms. The zero-order chi connectivity index (χ0) is 20.2. The fourth-order valence-corrected chi connectivity index (χ4v) is 4.13. The third kappa shape index (κ3) is 3.98. The lowest BCUT2D eigenvalue weighted by molar-refractivity contribution is 0.0989. The van der Waals surface area contributed by atoms with Gasteiger partial charge in [0.25, 0.3) is 0 Å². The molecule has 3 aromatic carbocycles. The largest absolute Gasteiger partial charge is 0.305 e. The summed E-state index contributed by atoms with van der Waals surface area (Å²) in [5, 5.41) is 8.45. The second-order valence-corrected chi connectivity index (χ2v) is 7.56. The summed E-state index contributed by atoms with van der Waals surface area (Å²) in [6.07, 6.45) is 0. The average Bonchev–Trinajstić information content (AvgIpc) is 3.13. The molecule has 1 aromatic heterocycles. The van der Waals surface area contributed by atoms with Crippen molar-refractivity contribution >= 4 is 17.5 Å². The van der Waals surface area contributed by atoms with Gasteiger partial charge in [-0.2, -0.15) is 0 Å². The molecule has 29 heavy (non-hydrogen) atoms. The summed E-state index contributed by atoms with van der Waals surface area (Å²) in [6, 6.07) is 25.2. The number of halogens is 1. The van der Waals surface area contributed by atoms with Crippen LogP contribution in [-0.2, 0) is 7.05 Å². The van der Waals surface area contributed by atoms with Crippen molar-refractivity contribution in [2.24, 2.45) is 7.05 Å². The lowest BCUT2D eigenvalue weighted by Crippen LogP contribution is -2.11. The van der Waals surface area contributed by atoms with Gasteiger partial charge in [0, 0.05) is 12.6 Å². The Kier molecular flexibility index (Phi) is 5.53. The Morgan fingerprint density at radius 3 is 2.21 bits per heavy atom. The number of Topliss-reactive ketones (excluding diaryl/α,β-unsaturated/α-hetero) is 1. The Labute approximate surface area is 172 Å². The van der Waals surface area contributed by atoms with Crippen LogP contribution in [0.4, 0.5) is 4.39 Å². The van der Waals surface area contributed by atoms with Crippen LogP contribution in [0.3, 0.4) is 0 Å². The van der Waals surface area contributed by atoms with Crippen LogP contribution in [0, 0.1) is 5.82 Å². The molecule has 0 fully saturated rings. The van der Waals surface area contributed by atoms with Gasteiger partial charge < -0.3 is 4.57 Å². The van der Waals surface area contributed by atoms with Gasteiger partial charge in [0.2, 0.25) is 0 Å². The summed E-state index contributed by atoms with van der Waals surface area (Å²) >= 11 is 1.31. The predicted octanol–water partition coefficient (Wildman–Crippen LogP) is 5.34. The van der Waals surface area contributed by atoms with Gasteiger partial charge in [0.15, 0.2) is 16.8 Å². The number of thioether (sulfide) groups is 1. The SMILES string of the molecule is Cn1c(S[C@@H](C(=O)c2ccccc2)c2ccccc2)nnc1-c1ccccc1F. The van der Waals surface area contributed by atoms with E-state index in [1.54, 1.807) is 41.9 Å². The van der Waals surface area contributed by atoms with Crippen molar-refractivity contribution in [3.8, 4) is 11.4 Å². The fraction of sp³-hybridized carbons (Fsp3) is 0.0870. The first-order valence-corrected chi connectivity index (χ1v) is 9.98. The number of hydrogen-bond acceptors (Lipinski definition) is 4. The highest BCUT2D eigenvalue weighted by atomic mass is 32.2. The standard InChI is InChI=1S/C23H18FN3OS/c1-27-22(18-14-8-9-15-19(18)24)25-26-23(27)29-21(17-12-6-3-7-13-17)20(28)16-10-4-2-5-11-16/h2-15,21H,1H3/t21-/m1/s1. The summed E-state index contributed by atoms with van der Waals surface area (Å²) in [7, 11) is 1.78. The molecule has 0 amide bonds. The van der Waals surface area contributed by atoms with E-state index < -0.39 is 5.25 Å². The van der Waals surface area contributed by atoms with Gasteiger partial charge in [0.1, 0.15) is 11.1 Å². The first-order chi connectivity index (χ1) is 14.1. The van der Waals surface area contributed by atoms with Crippen LogP contribution in [0.15, 0.2) is 90.1 Å². The molecule has 0 bridgehead atoms. The smallest absolute Gasteiger partial charge is 0.192 e. The van der Waals surface area contributed by atoms with Crippen LogP contribution in [0.25, 0.3) is 11.4 Å². The molecule has 4 aromatic rings. The Balaban J connectivity index is 1.71. The highest BCUT2D eigenvalue weighted by Crippen LogP contribution is 2.38. The van der Waals surface area contributed by atoms with E-state index in [2.05, 4.69) is 10.2 Å². The molecule has 0 spiro atoms. The van der Waals surface area contributed by atoms with Gasteiger partial charge in [-0.05, 0) is 17.7 Å². The van der Waals surface area contributed by atoms with Crippen molar-refractivity contribution in [3.63, 3.8) is 0 Å². The van der Waals surface area contributed by atoms with E-state index in [0.29, 0.717) is 22.1 Å². The fourth-order valence-electron chi connectivity index (χ4n) is 3.05. The van der Waals surface area contributed by atoms with Gasteiger partial charge in [-0.15, -0.1) is 10.2 Å². The Hall–Kier alpha value is -3.25. The van der Waals surface area contributed by atoms with Crippen molar-refractivity contribution < 1.29 is 9.18 Å². The van der Waals surface area contributed by atoms with Gasteiger partial charge >= 0.3 is 0 Å². The minimum Gasteiger partial charge on any atom is -0.305 e. The Morgan fingerprint density at radius 2 is 1.52 bits per heavy atom. The van der Waals surface area contributed by atoms with Crippen LogP contribution in [0.2, 0.25) is 0 Å². The number of carbonyl (C=O) groups is 1. The number of benzene rings is 3. The monoisotopic (exact) mass is 403 g/mol. The van der Waals surface area contributed by atoms with Gasteiger partial charge in [-0.1, -0.05) is 84.6 Å². The molecule has 4 rings (SSSR count). The third-order valence-corrected chi connectivity index (χ3v) is 5.86. The normalized spacial score (nSPS) is 11.9. The van der Waals surface area contributed by atoms with Crippen LogP contribution in [-0.4, -0.2) is 20.5 Å². The number of aromatic nitrogens is 3. The molecule has 0 saturated heterocycles. The maximum atomic E-state index is 14.2. The predicted molar refractivity (Wildman–Crippen MR) is 112 cm³/mol. The molecule has 1 atom stereocenters. The molecule has 144 valence electrons. The number of rotatable bonds is 6. The van der Waals surface area contributed by atoms with E-state index in [1.807, 2.05) is 48.5 Å². The molecular formula is C23H18FN3OS. The molecule has 0 N–H and O–H groups in total. The topological polar surface area (TPSA) is 47.8 Å². The molecule has 0 aliphatic heterocycles. The molecular weight excluding hydrogens is 385 g/mol. The lowest BCUT2D eigenvalue weighted by Gasteiger charge is -2.16. The van der Waals surface area contributed by atoms with Crippen molar-refractivity contribution in [3.05, 3.63) is 102 Å². The quantitative estimate of drug-likeness (QED) is 0.322. The summed E-state index contributed by atoms with van der Waals surface area (Å²) < 4.78 is 15.9. The van der Waals surface area contributed by atoms with Crippen LogP contribution in [0.5, 0.6) is 0 Å². The first kappa shape index (κ1) is 19.1. The van der Waals surface area contributed by atoms with Crippen LogP contribution < -0.4 is 0 Å². The Morgan fingerprint density at radius 1 is 0.897 bits per heavy atom. The molecule has 1 heterocycles. The summed E-state index contributed by atoms with van der Waals surface area (Å²) in [5.41, 5.74) is 1.88. The van der Waals surface area contributed by atoms with E-state index in [-0.39, 0.29) is 11.6 Å². The van der Waals surface area contributed by atoms with Gasteiger partial charge in [0.05, 0.1) is 5.56 Å². The highest BCUT2D eigenvalue weighted by Gasteiger charge is 2.26. The molecule has 0 aliphatic rings. The van der Waals surface area contributed by atoms with Crippen molar-refractivity contribution in [1.82, 2.24) is 14.8 Å². The second-order valence-electron chi connectivity index (χ2n) is 6.48. The van der Waals surface area contributed by atoms with Gasteiger partial charge in [-0.3, -0.25) is 4.79 Å². The van der Waals surface area contributed by atoms with Crippen LogP contribution >= 0.6 is 11.8 Å². The highest BCUT2D eigenvalue weighted by molar-refractivity contribution is 8.00. The average molecular weight is 403 g/mol. The minimum atomic E-state index is -0.491. The van der Waals surface area contributed by atoms with E-state index in [0.717, 1.165) is 5.56 Å². The minimum absolute atomic E-state index is 0.0164.